The SMILES string of the molecule is CCCCCCCCCCCCOc1ccc(Oc2cc(C#N)c(C#N)cc2Oc2ccc(OCCCCCCCCCCCC)c(OCCCCCCCCCCCC)c2)cc1OCCCCCCCCCCCC. The number of nitrogens with zero attached hydrogens (tertiary/aromatic N) is 2. The first-order valence-electron chi connectivity index (χ1n) is 31.7. The topological polar surface area (TPSA) is 103 Å². The Labute approximate surface area is 465 Å². The molecule has 0 atom stereocenters. The van der Waals surface area contributed by atoms with Crippen LogP contribution in [0.4, 0.5) is 0 Å². The third kappa shape index (κ3) is 31.6. The molecule has 0 spiro atoms. The van der Waals surface area contributed by atoms with Gasteiger partial charge in [0.2, 0.25) is 0 Å². The monoisotopic (exact) mass is 1050 g/mol. The molecule has 0 aromatic heterocycles. The average molecular weight is 1050 g/mol. The Morgan fingerprint density at radius 2 is 0.487 bits per heavy atom. The Balaban J connectivity index is 1.74. The highest BCUT2D eigenvalue weighted by atomic mass is 16.5. The average Bonchev–Trinajstić information content (AvgIpc) is 3.43. The van der Waals surface area contributed by atoms with Crippen molar-refractivity contribution in [2.75, 3.05) is 26.4 Å². The number of hydrogen-bond donors (Lipinski definition) is 0. The van der Waals surface area contributed by atoms with Gasteiger partial charge in [0.15, 0.2) is 34.5 Å². The van der Waals surface area contributed by atoms with Crippen molar-refractivity contribution in [1.29, 1.82) is 10.5 Å². The molecule has 0 aliphatic heterocycles. The predicted octanol–water partition coefficient (Wildman–Crippen LogP) is 22.2. The highest BCUT2D eigenvalue weighted by Gasteiger charge is 2.18. The number of benzene rings is 3. The lowest BCUT2D eigenvalue weighted by Gasteiger charge is -2.18. The van der Waals surface area contributed by atoms with Crippen molar-refractivity contribution in [1.82, 2.24) is 0 Å². The van der Waals surface area contributed by atoms with Crippen LogP contribution in [0, 0.1) is 22.7 Å². The largest absolute Gasteiger partial charge is 0.490 e. The second-order valence-electron chi connectivity index (χ2n) is 21.6. The van der Waals surface area contributed by atoms with Crippen LogP contribution in [0.1, 0.15) is 296 Å². The third-order valence-electron chi connectivity index (χ3n) is 14.6. The lowest BCUT2D eigenvalue weighted by atomic mass is 10.1. The summed E-state index contributed by atoms with van der Waals surface area (Å²) < 4.78 is 38.9. The van der Waals surface area contributed by atoms with Crippen molar-refractivity contribution >= 4 is 0 Å². The highest BCUT2D eigenvalue weighted by Crippen LogP contribution is 2.42. The summed E-state index contributed by atoms with van der Waals surface area (Å²) in [6.07, 6.45) is 50.5. The molecule has 0 N–H and O–H groups in total. The first-order chi connectivity index (χ1) is 37.6. The minimum Gasteiger partial charge on any atom is -0.490 e. The molecule has 3 aromatic carbocycles. The normalized spacial score (nSPS) is 11.1. The minimum atomic E-state index is 0.204. The van der Waals surface area contributed by atoms with Gasteiger partial charge in [-0.05, 0) is 49.9 Å². The van der Waals surface area contributed by atoms with Gasteiger partial charge in [0.25, 0.3) is 0 Å². The fourth-order valence-corrected chi connectivity index (χ4v) is 9.81. The molecule has 0 amide bonds. The summed E-state index contributed by atoms with van der Waals surface area (Å²) in [5, 5.41) is 20.2. The summed E-state index contributed by atoms with van der Waals surface area (Å²) in [6.45, 7) is 11.5. The maximum atomic E-state index is 10.1. The Morgan fingerprint density at radius 1 is 0.263 bits per heavy atom. The van der Waals surface area contributed by atoms with Crippen LogP contribution < -0.4 is 28.4 Å². The molecule has 0 heterocycles. The number of ether oxygens (including phenoxy) is 6. The Hall–Kier alpha value is -4.56. The fraction of sp³-hybridized carbons (Fsp3) is 0.706. The first-order valence-corrected chi connectivity index (χ1v) is 31.7. The number of unbranched alkanes of at least 4 members (excludes halogenated alkanes) is 36. The van der Waals surface area contributed by atoms with Crippen molar-refractivity contribution in [2.45, 2.75) is 285 Å². The molecule has 426 valence electrons. The molecule has 0 bridgehead atoms. The molecule has 8 heteroatoms. The van der Waals surface area contributed by atoms with Crippen molar-refractivity contribution in [3.05, 3.63) is 59.7 Å². The molecule has 76 heavy (non-hydrogen) atoms. The highest BCUT2D eigenvalue weighted by molar-refractivity contribution is 5.59. The quantitative estimate of drug-likeness (QED) is 0.0515. The van der Waals surface area contributed by atoms with Gasteiger partial charge in [-0.1, -0.05) is 259 Å². The molecule has 0 saturated heterocycles. The van der Waals surface area contributed by atoms with Crippen LogP contribution in [0.2, 0.25) is 0 Å². The number of hydrogen-bond acceptors (Lipinski definition) is 8. The van der Waals surface area contributed by atoms with E-state index in [-0.39, 0.29) is 11.1 Å². The van der Waals surface area contributed by atoms with Gasteiger partial charge in [0, 0.05) is 24.3 Å². The summed E-state index contributed by atoms with van der Waals surface area (Å²) in [7, 11) is 0. The summed E-state index contributed by atoms with van der Waals surface area (Å²) in [4.78, 5) is 0. The Bertz CT molecular complexity index is 1810. The maximum Gasteiger partial charge on any atom is 0.171 e. The van der Waals surface area contributed by atoms with Gasteiger partial charge >= 0.3 is 0 Å². The van der Waals surface area contributed by atoms with Gasteiger partial charge < -0.3 is 28.4 Å². The van der Waals surface area contributed by atoms with E-state index in [0.29, 0.717) is 72.4 Å². The molecule has 3 aromatic rings. The van der Waals surface area contributed by atoms with Crippen LogP contribution in [-0.4, -0.2) is 26.4 Å². The van der Waals surface area contributed by atoms with Gasteiger partial charge in [0.05, 0.1) is 37.6 Å². The molecule has 0 aliphatic carbocycles. The van der Waals surface area contributed by atoms with Crippen LogP contribution in [0.25, 0.3) is 0 Å². The minimum absolute atomic E-state index is 0.204. The molecule has 3 rings (SSSR count). The summed E-state index contributed by atoms with van der Waals surface area (Å²) in [5.74, 6) is 4.31. The molecular formula is C68H108N2O6. The van der Waals surface area contributed by atoms with Crippen molar-refractivity contribution in [3.63, 3.8) is 0 Å². The van der Waals surface area contributed by atoms with E-state index < -0.39 is 0 Å². The van der Waals surface area contributed by atoms with Gasteiger partial charge in [-0.25, -0.2) is 0 Å². The molecule has 0 saturated carbocycles. The van der Waals surface area contributed by atoms with Crippen LogP contribution >= 0.6 is 0 Å². The van der Waals surface area contributed by atoms with E-state index in [1.54, 1.807) is 12.1 Å². The summed E-state index contributed by atoms with van der Waals surface area (Å²) in [5.41, 5.74) is 0.407. The molecule has 0 unspecified atom stereocenters. The molecular weight excluding hydrogens is 941 g/mol. The van der Waals surface area contributed by atoms with Gasteiger partial charge in [-0.3, -0.25) is 0 Å². The second kappa shape index (κ2) is 46.5. The van der Waals surface area contributed by atoms with Crippen molar-refractivity contribution < 1.29 is 28.4 Å². The van der Waals surface area contributed by atoms with Gasteiger partial charge in [-0.2, -0.15) is 10.5 Å². The smallest absolute Gasteiger partial charge is 0.171 e. The fourth-order valence-electron chi connectivity index (χ4n) is 9.81. The first kappa shape index (κ1) is 65.7. The summed E-state index contributed by atoms with van der Waals surface area (Å²) >= 11 is 0. The zero-order chi connectivity index (χ0) is 54.2. The van der Waals surface area contributed by atoms with E-state index in [0.717, 1.165) is 51.4 Å². The van der Waals surface area contributed by atoms with Crippen molar-refractivity contribution in [3.8, 4) is 58.1 Å². The van der Waals surface area contributed by atoms with E-state index >= 15 is 0 Å². The molecule has 0 radical (unpaired) electrons. The standard InChI is InChI=1S/C68H108N2O6/c1-5-9-13-17-21-25-29-33-37-41-49-71-63-47-45-61(55-65(63)73-51-43-39-35-31-27-23-19-15-11-7-3)75-67-53-59(57-69)60(58-70)54-68(67)76-62-46-48-64(72-50-42-38-34-30-26-22-18-14-10-6-2)66(56-62)74-52-44-40-36-32-28-24-20-16-12-8-4/h45-48,53-56H,5-44,49-52H2,1-4H3. The van der Waals surface area contributed by atoms with Gasteiger partial charge in [0.1, 0.15) is 23.6 Å². The molecule has 8 nitrogen and oxygen atoms in total. The maximum absolute atomic E-state index is 10.1. The van der Waals surface area contributed by atoms with Crippen LogP contribution in [0.15, 0.2) is 48.5 Å². The van der Waals surface area contributed by atoms with E-state index in [1.807, 2.05) is 36.4 Å². The van der Waals surface area contributed by atoms with Gasteiger partial charge in [-0.15, -0.1) is 0 Å². The molecule has 0 aliphatic rings. The van der Waals surface area contributed by atoms with E-state index in [2.05, 4.69) is 39.8 Å². The zero-order valence-corrected chi connectivity index (χ0v) is 49.1. The Morgan fingerprint density at radius 3 is 0.724 bits per heavy atom. The lowest BCUT2D eigenvalue weighted by molar-refractivity contribution is 0.257. The Kier molecular flexibility index (Phi) is 40.2. The van der Waals surface area contributed by atoms with Crippen molar-refractivity contribution in [2.24, 2.45) is 0 Å². The van der Waals surface area contributed by atoms with E-state index in [1.165, 1.54) is 205 Å². The molecule has 0 fully saturated rings. The number of nitriles is 2. The third-order valence-corrected chi connectivity index (χ3v) is 14.6. The second-order valence-corrected chi connectivity index (χ2v) is 21.6. The van der Waals surface area contributed by atoms with Crippen LogP contribution in [0.3, 0.4) is 0 Å². The lowest BCUT2D eigenvalue weighted by Crippen LogP contribution is -2.03. The number of rotatable bonds is 52. The predicted molar refractivity (Wildman–Crippen MR) is 318 cm³/mol. The van der Waals surface area contributed by atoms with E-state index in [4.69, 9.17) is 28.4 Å². The van der Waals surface area contributed by atoms with Crippen LogP contribution in [0.5, 0.6) is 46.0 Å². The zero-order valence-electron chi connectivity index (χ0n) is 49.1. The van der Waals surface area contributed by atoms with Crippen LogP contribution in [-0.2, 0) is 0 Å². The van der Waals surface area contributed by atoms with E-state index in [9.17, 15) is 10.5 Å². The summed E-state index contributed by atoms with van der Waals surface area (Å²) in [6, 6.07) is 18.9.